The number of urea groups is 1. The van der Waals surface area contributed by atoms with Crippen molar-refractivity contribution in [1.29, 1.82) is 0 Å². The minimum atomic E-state index is -0.698. The Morgan fingerprint density at radius 1 is 1.86 bits per heavy atom. The van der Waals surface area contributed by atoms with Crippen LogP contribution in [0.5, 0.6) is 0 Å². The fourth-order valence-electron chi connectivity index (χ4n) is 0.0402. The topological polar surface area (TPSA) is 63.4 Å². The van der Waals surface area contributed by atoms with Crippen molar-refractivity contribution < 1.29 is 9.36 Å². The summed E-state index contributed by atoms with van der Waals surface area (Å²) in [6, 6.07) is -0.698. The number of nitrogens with two attached hydrogens (primary N) is 1. The lowest BCUT2D eigenvalue weighted by Gasteiger charge is -1.97. The Hall–Kier alpha value is -0.630. The Labute approximate surface area is 42.5 Å². The lowest BCUT2D eigenvalue weighted by Crippen LogP contribution is -2.23. The molecule has 5 heteroatoms. The minimum absolute atomic E-state index is 0.369. The van der Waals surface area contributed by atoms with Crippen molar-refractivity contribution in [2.75, 3.05) is 7.05 Å². The number of primary amides is 1. The van der Waals surface area contributed by atoms with Crippen LogP contribution in [0.4, 0.5) is 4.79 Å². The quantitative estimate of drug-likeness (QED) is 0.502. The number of hydrogen-bond acceptors (Lipinski definition) is 2. The second-order valence-electron chi connectivity index (χ2n) is 0.943. The van der Waals surface area contributed by atoms with Crippen molar-refractivity contribution in [3.8, 4) is 0 Å². The van der Waals surface area contributed by atoms with Crippen LogP contribution < -0.4 is 5.73 Å². The monoisotopic (exact) mass is 120 g/mol. The van der Waals surface area contributed by atoms with Crippen molar-refractivity contribution in [2.45, 2.75) is 0 Å². The molecule has 0 spiro atoms. The molecule has 0 aromatic heterocycles. The first-order valence-electron chi connectivity index (χ1n) is 1.55. The van der Waals surface area contributed by atoms with Gasteiger partial charge >= 0.3 is 6.03 Å². The minimum Gasteiger partial charge on any atom is -0.351 e. The summed E-state index contributed by atoms with van der Waals surface area (Å²) in [5.74, 6) is 0. The van der Waals surface area contributed by atoms with E-state index in [0.717, 1.165) is 4.67 Å². The Kier molecular flexibility index (Phi) is 2.30. The fraction of sp³-hybridized carbons (Fsp3) is 0.500. The highest BCUT2D eigenvalue weighted by molar-refractivity contribution is 7.21. The molecule has 7 heavy (non-hydrogen) atoms. The molecule has 0 aliphatic carbocycles. The van der Waals surface area contributed by atoms with Gasteiger partial charge in [-0.3, -0.25) is 0 Å². The van der Waals surface area contributed by atoms with E-state index in [2.05, 4.69) is 5.73 Å². The molecule has 0 atom stereocenters. The molecule has 0 saturated carbocycles. The van der Waals surface area contributed by atoms with Crippen LogP contribution in [-0.2, 0) is 4.57 Å². The highest BCUT2D eigenvalue weighted by Crippen LogP contribution is 1.96. The molecule has 0 saturated heterocycles. The van der Waals surface area contributed by atoms with Gasteiger partial charge in [-0.2, -0.15) is 0 Å². The molecule has 2 amide bonds. The summed E-state index contributed by atoms with van der Waals surface area (Å²) in [5, 5.41) is 0. The molecule has 40 valence electrons. The summed E-state index contributed by atoms with van der Waals surface area (Å²) in [4.78, 5) is 9.87. The smallest absolute Gasteiger partial charge is 0.324 e. The summed E-state index contributed by atoms with van der Waals surface area (Å²) < 4.78 is 10.5. The van der Waals surface area contributed by atoms with Crippen LogP contribution in [0, 0.1) is 0 Å². The van der Waals surface area contributed by atoms with E-state index >= 15 is 0 Å². The normalized spacial score (nSPS) is 8.71. The number of nitrogens with zero attached hydrogens (tertiary/aromatic N) is 1. The number of rotatable bonds is 1. The molecule has 0 radical (unpaired) electrons. The van der Waals surface area contributed by atoms with Crippen LogP contribution >= 0.6 is 8.61 Å². The van der Waals surface area contributed by atoms with Gasteiger partial charge in [0.1, 0.15) is 0 Å². The largest absolute Gasteiger partial charge is 0.351 e. The maximum absolute atomic E-state index is 9.87. The van der Waals surface area contributed by atoms with E-state index in [1.165, 1.54) is 7.05 Å². The van der Waals surface area contributed by atoms with Gasteiger partial charge in [0.25, 0.3) is 8.61 Å². The van der Waals surface area contributed by atoms with Crippen LogP contribution in [0.25, 0.3) is 0 Å². The second-order valence-corrected chi connectivity index (χ2v) is 1.71. The molecule has 0 rings (SSSR count). The van der Waals surface area contributed by atoms with E-state index in [9.17, 15) is 9.36 Å². The zero-order valence-electron chi connectivity index (χ0n) is 3.79. The predicted octanol–water partition coefficient (Wildman–Crippen LogP) is 0.204. The number of carbonyl (C=O) groups is 1. The van der Waals surface area contributed by atoms with Gasteiger partial charge in [-0.25, -0.2) is 14.0 Å². The molecular weight excluding hydrogens is 115 g/mol. The van der Waals surface area contributed by atoms with Crippen molar-refractivity contribution in [3.63, 3.8) is 0 Å². The molecule has 2 N–H and O–H groups in total. The predicted molar refractivity (Wildman–Crippen MR) is 25.0 cm³/mol. The van der Waals surface area contributed by atoms with Crippen LogP contribution in [-0.4, -0.2) is 17.7 Å². The van der Waals surface area contributed by atoms with Gasteiger partial charge in [-0.1, -0.05) is 0 Å². The molecule has 0 aromatic carbocycles. The van der Waals surface area contributed by atoms with Crippen molar-refractivity contribution >= 4 is 14.6 Å². The highest BCUT2D eigenvalue weighted by Gasteiger charge is 1.97. The standard InChI is InChI=1S/C2H5N2O2P/c1-4(7-6)2(3)5/h1H3,(H2,3,5). The maximum Gasteiger partial charge on any atom is 0.324 e. The molecule has 0 unspecified atom stereocenters. The Morgan fingerprint density at radius 2 is 2.29 bits per heavy atom. The van der Waals surface area contributed by atoms with E-state index in [1.807, 2.05) is 0 Å². The summed E-state index contributed by atoms with van der Waals surface area (Å²) in [6.07, 6.45) is 0. The summed E-state index contributed by atoms with van der Waals surface area (Å²) in [6.45, 7) is 0. The van der Waals surface area contributed by atoms with Gasteiger partial charge in [-0.15, -0.1) is 0 Å². The Balaban J connectivity index is 3.55. The van der Waals surface area contributed by atoms with Crippen LogP contribution in [0.2, 0.25) is 0 Å². The molecule has 0 aliphatic heterocycles. The first kappa shape index (κ1) is 6.37. The number of carbonyl (C=O) groups excluding carboxylic acids is 1. The van der Waals surface area contributed by atoms with E-state index in [-0.39, 0.29) is 8.61 Å². The van der Waals surface area contributed by atoms with E-state index in [0.29, 0.717) is 0 Å². The Morgan fingerprint density at radius 3 is 2.29 bits per heavy atom. The SMILES string of the molecule is CN(P=O)C(N)=O. The molecule has 0 fully saturated rings. The number of hydrogen-bond donors (Lipinski definition) is 1. The highest BCUT2D eigenvalue weighted by atomic mass is 31.1. The zero-order valence-corrected chi connectivity index (χ0v) is 4.68. The molecule has 4 nitrogen and oxygen atoms in total. The van der Waals surface area contributed by atoms with Gasteiger partial charge in [-0.05, 0) is 0 Å². The third kappa shape index (κ3) is 2.11. The lowest BCUT2D eigenvalue weighted by molar-refractivity contribution is 0.238. The van der Waals surface area contributed by atoms with E-state index in [1.54, 1.807) is 0 Å². The molecule has 0 aromatic rings. The van der Waals surface area contributed by atoms with Crippen molar-refractivity contribution in [2.24, 2.45) is 5.73 Å². The van der Waals surface area contributed by atoms with Crippen LogP contribution in [0.15, 0.2) is 0 Å². The van der Waals surface area contributed by atoms with Gasteiger partial charge in [0.15, 0.2) is 0 Å². The first-order valence-corrected chi connectivity index (χ1v) is 2.31. The zero-order chi connectivity index (χ0) is 5.86. The third-order valence-corrected chi connectivity index (χ3v) is 0.883. The first-order chi connectivity index (χ1) is 3.18. The van der Waals surface area contributed by atoms with Gasteiger partial charge in [0, 0.05) is 7.05 Å². The summed E-state index contributed by atoms with van der Waals surface area (Å²) >= 11 is 0. The van der Waals surface area contributed by atoms with E-state index < -0.39 is 6.03 Å². The maximum atomic E-state index is 9.87. The van der Waals surface area contributed by atoms with E-state index in [4.69, 9.17) is 0 Å². The second kappa shape index (κ2) is 2.53. The fourth-order valence-corrected chi connectivity index (χ4v) is 0.121. The Bertz CT molecular complexity index is 93.7. The lowest BCUT2D eigenvalue weighted by atomic mass is 11.0. The van der Waals surface area contributed by atoms with Crippen molar-refractivity contribution in [3.05, 3.63) is 0 Å². The van der Waals surface area contributed by atoms with Gasteiger partial charge in [0.2, 0.25) is 0 Å². The van der Waals surface area contributed by atoms with Crippen LogP contribution in [0.3, 0.4) is 0 Å². The molecular formula is C2H5N2O2P. The van der Waals surface area contributed by atoms with Gasteiger partial charge < -0.3 is 5.73 Å². The molecule has 0 heterocycles. The average Bonchev–Trinajstić information content (AvgIpc) is 1.65. The third-order valence-electron chi connectivity index (χ3n) is 0.441. The van der Waals surface area contributed by atoms with Crippen molar-refractivity contribution in [1.82, 2.24) is 4.67 Å². The molecule has 0 bridgehead atoms. The summed E-state index contributed by atoms with van der Waals surface area (Å²) in [5.41, 5.74) is 4.63. The van der Waals surface area contributed by atoms with Gasteiger partial charge in [0.05, 0.1) is 0 Å². The summed E-state index contributed by atoms with van der Waals surface area (Å²) in [7, 11) is 0.961. The number of amides is 2. The average molecular weight is 120 g/mol. The van der Waals surface area contributed by atoms with Crippen LogP contribution in [0.1, 0.15) is 0 Å². The molecule has 0 aliphatic rings.